The summed E-state index contributed by atoms with van der Waals surface area (Å²) in [6.07, 6.45) is 0. The summed E-state index contributed by atoms with van der Waals surface area (Å²) in [7, 11) is -3.35. The lowest BCUT2D eigenvalue weighted by molar-refractivity contribution is -0.121. The van der Waals surface area contributed by atoms with Gasteiger partial charge in [0.15, 0.2) is 0 Å². The molecule has 0 saturated carbocycles. The summed E-state index contributed by atoms with van der Waals surface area (Å²) >= 11 is 0. The molecule has 6 nitrogen and oxygen atoms in total. The van der Waals surface area contributed by atoms with Gasteiger partial charge in [-0.05, 0) is 49.4 Å². The molecule has 29 heavy (non-hydrogen) atoms. The van der Waals surface area contributed by atoms with Crippen molar-refractivity contribution in [1.82, 2.24) is 14.6 Å². The number of hydrogen-bond donors (Lipinski definition) is 2. The van der Waals surface area contributed by atoms with E-state index in [2.05, 4.69) is 16.1 Å². The van der Waals surface area contributed by atoms with E-state index in [0.29, 0.717) is 12.1 Å². The first-order valence-corrected chi connectivity index (χ1v) is 11.3. The summed E-state index contributed by atoms with van der Waals surface area (Å²) in [6.45, 7) is 6.24. The van der Waals surface area contributed by atoms with Gasteiger partial charge in [0, 0.05) is 23.8 Å². The molecular weight excluding hydrogens is 386 g/mol. The number of benzene rings is 2. The molecular formula is C22H27N3O3S. The predicted octanol–water partition coefficient (Wildman–Crippen LogP) is 3.09. The highest BCUT2D eigenvalue weighted by Gasteiger charge is 2.13. The summed E-state index contributed by atoms with van der Waals surface area (Å²) in [5, 5.41) is 4.05. The smallest absolute Gasteiger partial charge is 0.240 e. The highest BCUT2D eigenvalue weighted by atomic mass is 32.2. The third-order valence-corrected chi connectivity index (χ3v) is 6.15. The number of rotatable bonds is 8. The average molecular weight is 414 g/mol. The van der Waals surface area contributed by atoms with Crippen LogP contribution in [0.15, 0.2) is 54.6 Å². The molecule has 0 radical (unpaired) electrons. The standard InChI is InChI=1S/C22H27N3O3S/c1-16(2)24-29(27,28)15-19-10-8-18(9-11-19)13-23-22(26)14-25-17(3)12-20-6-4-5-7-21(20)25/h4-12,16,24H,13-15H2,1-3H3,(H,23,26). The molecule has 1 aromatic heterocycles. The van der Waals surface area contributed by atoms with Crippen molar-refractivity contribution in [3.63, 3.8) is 0 Å². The first-order valence-electron chi connectivity index (χ1n) is 9.63. The first-order chi connectivity index (χ1) is 13.7. The van der Waals surface area contributed by atoms with E-state index >= 15 is 0 Å². The third-order valence-electron chi connectivity index (χ3n) is 4.60. The molecule has 0 atom stereocenters. The number of carbonyl (C=O) groups excluding carboxylic acids is 1. The second-order valence-electron chi connectivity index (χ2n) is 7.56. The maximum Gasteiger partial charge on any atom is 0.240 e. The van der Waals surface area contributed by atoms with Crippen LogP contribution in [0.2, 0.25) is 0 Å². The summed E-state index contributed by atoms with van der Waals surface area (Å²) < 4.78 is 28.6. The molecule has 2 aromatic carbocycles. The van der Waals surface area contributed by atoms with Crippen molar-refractivity contribution in [2.45, 2.75) is 45.7 Å². The van der Waals surface area contributed by atoms with Gasteiger partial charge < -0.3 is 9.88 Å². The molecule has 0 aliphatic carbocycles. The van der Waals surface area contributed by atoms with Gasteiger partial charge in [-0.1, -0.05) is 42.5 Å². The summed E-state index contributed by atoms with van der Waals surface area (Å²) in [6, 6.07) is 17.2. The maximum absolute atomic E-state index is 12.4. The molecule has 7 heteroatoms. The Kier molecular flexibility index (Phi) is 6.39. The molecule has 2 N–H and O–H groups in total. The number of aryl methyl sites for hydroxylation is 1. The van der Waals surface area contributed by atoms with Crippen molar-refractivity contribution in [3.8, 4) is 0 Å². The first kappa shape index (κ1) is 21.1. The topological polar surface area (TPSA) is 80.2 Å². The van der Waals surface area contributed by atoms with E-state index < -0.39 is 10.0 Å². The molecule has 0 aliphatic heterocycles. The third kappa shape index (κ3) is 5.68. The van der Waals surface area contributed by atoms with Crippen LogP contribution >= 0.6 is 0 Å². The zero-order valence-corrected chi connectivity index (χ0v) is 17.8. The molecule has 0 spiro atoms. The fourth-order valence-corrected chi connectivity index (χ4v) is 4.76. The van der Waals surface area contributed by atoms with Gasteiger partial charge >= 0.3 is 0 Å². The minimum Gasteiger partial charge on any atom is -0.350 e. The number of amides is 1. The molecule has 0 aliphatic rings. The van der Waals surface area contributed by atoms with Crippen LogP contribution in [0.5, 0.6) is 0 Å². The molecule has 1 heterocycles. The van der Waals surface area contributed by atoms with Gasteiger partial charge in [-0.15, -0.1) is 0 Å². The number of sulfonamides is 1. The zero-order chi connectivity index (χ0) is 21.0. The van der Waals surface area contributed by atoms with E-state index in [1.165, 1.54) is 0 Å². The number of nitrogens with zero attached hydrogens (tertiary/aromatic N) is 1. The lowest BCUT2D eigenvalue weighted by Crippen LogP contribution is -2.31. The Hall–Kier alpha value is -2.64. The summed E-state index contributed by atoms with van der Waals surface area (Å²) in [4.78, 5) is 12.4. The van der Waals surface area contributed by atoms with Crippen LogP contribution in [0.3, 0.4) is 0 Å². The van der Waals surface area contributed by atoms with Crippen LogP contribution in [0, 0.1) is 6.92 Å². The summed E-state index contributed by atoms with van der Waals surface area (Å²) in [5.74, 6) is -0.125. The van der Waals surface area contributed by atoms with Gasteiger partial charge in [-0.2, -0.15) is 0 Å². The van der Waals surface area contributed by atoms with Crippen LogP contribution < -0.4 is 10.0 Å². The van der Waals surface area contributed by atoms with Gasteiger partial charge in [0.25, 0.3) is 0 Å². The minimum absolute atomic E-state index is 0.0577. The van der Waals surface area contributed by atoms with Crippen molar-refractivity contribution < 1.29 is 13.2 Å². The Balaban J connectivity index is 1.57. The van der Waals surface area contributed by atoms with E-state index in [-0.39, 0.29) is 24.2 Å². The molecule has 0 unspecified atom stereocenters. The fraction of sp³-hybridized carbons (Fsp3) is 0.318. The van der Waals surface area contributed by atoms with Gasteiger partial charge in [-0.3, -0.25) is 4.79 Å². The van der Waals surface area contributed by atoms with Crippen LogP contribution in [0.4, 0.5) is 0 Å². The van der Waals surface area contributed by atoms with Crippen LogP contribution in [-0.4, -0.2) is 24.9 Å². The van der Waals surface area contributed by atoms with E-state index in [0.717, 1.165) is 22.2 Å². The Bertz CT molecular complexity index is 1100. The Morgan fingerprint density at radius 2 is 1.69 bits per heavy atom. The lowest BCUT2D eigenvalue weighted by atomic mass is 10.1. The van der Waals surface area contributed by atoms with Crippen molar-refractivity contribution in [2.24, 2.45) is 0 Å². The van der Waals surface area contributed by atoms with Gasteiger partial charge in [0.05, 0.1) is 5.75 Å². The van der Waals surface area contributed by atoms with Crippen molar-refractivity contribution in [2.75, 3.05) is 0 Å². The van der Waals surface area contributed by atoms with Crippen molar-refractivity contribution >= 4 is 26.8 Å². The molecule has 154 valence electrons. The highest BCUT2D eigenvalue weighted by molar-refractivity contribution is 7.88. The molecule has 3 aromatic rings. The van der Waals surface area contributed by atoms with E-state index in [1.807, 2.05) is 47.9 Å². The van der Waals surface area contributed by atoms with Crippen LogP contribution in [0.25, 0.3) is 10.9 Å². The number of para-hydroxylation sites is 1. The largest absolute Gasteiger partial charge is 0.350 e. The van der Waals surface area contributed by atoms with Crippen LogP contribution in [-0.2, 0) is 33.7 Å². The second-order valence-corrected chi connectivity index (χ2v) is 9.31. The maximum atomic E-state index is 12.4. The Morgan fingerprint density at radius 1 is 1.03 bits per heavy atom. The van der Waals surface area contributed by atoms with E-state index in [1.54, 1.807) is 26.0 Å². The Labute approximate surface area is 172 Å². The lowest BCUT2D eigenvalue weighted by Gasteiger charge is -2.11. The number of aromatic nitrogens is 1. The fourth-order valence-electron chi connectivity index (χ4n) is 3.33. The number of hydrogen-bond acceptors (Lipinski definition) is 3. The zero-order valence-electron chi connectivity index (χ0n) is 17.0. The molecule has 0 saturated heterocycles. The van der Waals surface area contributed by atoms with Crippen molar-refractivity contribution in [1.29, 1.82) is 0 Å². The monoisotopic (exact) mass is 413 g/mol. The Morgan fingerprint density at radius 3 is 2.38 bits per heavy atom. The number of nitrogens with one attached hydrogen (secondary N) is 2. The van der Waals surface area contributed by atoms with E-state index in [4.69, 9.17) is 0 Å². The van der Waals surface area contributed by atoms with Gasteiger partial charge in [0.1, 0.15) is 6.54 Å². The van der Waals surface area contributed by atoms with Gasteiger partial charge in [-0.25, -0.2) is 13.1 Å². The average Bonchev–Trinajstić information content (AvgIpc) is 2.95. The molecule has 0 bridgehead atoms. The highest BCUT2D eigenvalue weighted by Crippen LogP contribution is 2.19. The number of carbonyl (C=O) groups is 1. The molecule has 0 fully saturated rings. The predicted molar refractivity (Wildman–Crippen MR) is 116 cm³/mol. The molecule has 1 amide bonds. The van der Waals surface area contributed by atoms with Crippen LogP contribution in [0.1, 0.15) is 30.7 Å². The minimum atomic E-state index is -3.35. The molecule has 3 rings (SSSR count). The SMILES string of the molecule is Cc1cc2ccccc2n1CC(=O)NCc1ccc(CS(=O)(=O)NC(C)C)cc1. The van der Waals surface area contributed by atoms with Gasteiger partial charge in [0.2, 0.25) is 15.9 Å². The number of fused-ring (bicyclic) bond motifs is 1. The van der Waals surface area contributed by atoms with Crippen molar-refractivity contribution in [3.05, 3.63) is 71.4 Å². The normalized spacial score (nSPS) is 11.9. The second kappa shape index (κ2) is 8.80. The summed E-state index contributed by atoms with van der Waals surface area (Å²) in [5.41, 5.74) is 3.72. The van der Waals surface area contributed by atoms with E-state index in [9.17, 15) is 13.2 Å². The quantitative estimate of drug-likeness (QED) is 0.596.